The Morgan fingerprint density at radius 2 is 1.89 bits per heavy atom. The van der Waals surface area contributed by atoms with Gasteiger partial charge < -0.3 is 10.2 Å². The molecule has 1 aliphatic rings. The maximum Gasteiger partial charge on any atom is 0.193 e. The van der Waals surface area contributed by atoms with Crippen molar-refractivity contribution in [1.29, 1.82) is 0 Å². The van der Waals surface area contributed by atoms with Gasteiger partial charge in [0.2, 0.25) is 0 Å². The monoisotopic (exact) mass is 259 g/mol. The topological polar surface area (TPSA) is 27.6 Å². The zero-order chi connectivity index (χ0) is 13.8. The van der Waals surface area contributed by atoms with Crippen molar-refractivity contribution in [3.63, 3.8) is 0 Å². The lowest BCUT2D eigenvalue weighted by Gasteiger charge is -2.22. The maximum absolute atomic E-state index is 4.36. The predicted octanol–water partition coefficient (Wildman–Crippen LogP) is 2.66. The average molecular weight is 259 g/mol. The summed E-state index contributed by atoms with van der Waals surface area (Å²) in [6.45, 7) is 5.35. The standard InChI is InChI=1S/C16H25N3/c1-5-13-6-8-14(9-7-13)11-19(4)16(17-3)18-15-10-12(15)2/h6-9,12,15H,5,10-11H2,1-4H3,(H,17,18). The molecule has 1 N–H and O–H groups in total. The number of benzene rings is 1. The van der Waals surface area contributed by atoms with Gasteiger partial charge in [-0.05, 0) is 29.9 Å². The summed E-state index contributed by atoms with van der Waals surface area (Å²) in [7, 11) is 3.95. The minimum atomic E-state index is 0.614. The third kappa shape index (κ3) is 3.72. The largest absolute Gasteiger partial charge is 0.353 e. The lowest BCUT2D eigenvalue weighted by atomic mass is 10.1. The summed E-state index contributed by atoms with van der Waals surface area (Å²) in [5.74, 6) is 1.78. The van der Waals surface area contributed by atoms with Gasteiger partial charge in [-0.15, -0.1) is 0 Å². The van der Waals surface area contributed by atoms with Crippen LogP contribution >= 0.6 is 0 Å². The van der Waals surface area contributed by atoms with E-state index in [1.165, 1.54) is 17.5 Å². The highest BCUT2D eigenvalue weighted by atomic mass is 15.3. The minimum absolute atomic E-state index is 0.614. The Balaban J connectivity index is 1.92. The van der Waals surface area contributed by atoms with Crippen molar-refractivity contribution in [3.8, 4) is 0 Å². The van der Waals surface area contributed by atoms with Crippen LogP contribution in [0.15, 0.2) is 29.3 Å². The van der Waals surface area contributed by atoms with E-state index in [1.54, 1.807) is 0 Å². The van der Waals surface area contributed by atoms with Crippen LogP contribution in [0.25, 0.3) is 0 Å². The van der Waals surface area contributed by atoms with Crippen molar-refractivity contribution in [3.05, 3.63) is 35.4 Å². The summed E-state index contributed by atoms with van der Waals surface area (Å²) in [5, 5.41) is 3.51. The highest BCUT2D eigenvalue weighted by Gasteiger charge is 2.33. The lowest BCUT2D eigenvalue weighted by Crippen LogP contribution is -2.40. The van der Waals surface area contributed by atoms with E-state index in [0.29, 0.717) is 6.04 Å². The number of aryl methyl sites for hydroxylation is 1. The van der Waals surface area contributed by atoms with E-state index in [4.69, 9.17) is 0 Å². The molecule has 1 aromatic rings. The molecule has 0 aliphatic heterocycles. The molecule has 0 spiro atoms. The van der Waals surface area contributed by atoms with Crippen LogP contribution in [0.1, 0.15) is 31.4 Å². The van der Waals surface area contributed by atoms with E-state index in [9.17, 15) is 0 Å². The maximum atomic E-state index is 4.36. The average Bonchev–Trinajstić information content (AvgIpc) is 3.12. The van der Waals surface area contributed by atoms with Gasteiger partial charge in [0.05, 0.1) is 0 Å². The van der Waals surface area contributed by atoms with E-state index >= 15 is 0 Å². The highest BCUT2D eigenvalue weighted by molar-refractivity contribution is 5.80. The summed E-state index contributed by atoms with van der Waals surface area (Å²) in [6.07, 6.45) is 2.36. The highest BCUT2D eigenvalue weighted by Crippen LogP contribution is 2.29. The molecule has 0 bridgehead atoms. The van der Waals surface area contributed by atoms with Crippen LogP contribution in [0.3, 0.4) is 0 Å². The zero-order valence-electron chi connectivity index (χ0n) is 12.5. The van der Waals surface area contributed by atoms with E-state index in [0.717, 1.165) is 24.8 Å². The summed E-state index contributed by atoms with van der Waals surface area (Å²) < 4.78 is 0. The van der Waals surface area contributed by atoms with Gasteiger partial charge in [0.15, 0.2) is 5.96 Å². The molecule has 3 nitrogen and oxygen atoms in total. The Hall–Kier alpha value is -1.51. The van der Waals surface area contributed by atoms with Crippen molar-refractivity contribution in [2.45, 2.75) is 39.3 Å². The van der Waals surface area contributed by atoms with Crippen LogP contribution in [-0.2, 0) is 13.0 Å². The SMILES string of the molecule is CCc1ccc(CN(C)C(=NC)NC2CC2C)cc1. The molecule has 0 saturated heterocycles. The second-order valence-corrected chi connectivity index (χ2v) is 5.54. The predicted molar refractivity (Wildman–Crippen MR) is 81.4 cm³/mol. The number of hydrogen-bond donors (Lipinski definition) is 1. The number of guanidine groups is 1. The molecule has 0 radical (unpaired) electrons. The van der Waals surface area contributed by atoms with Crippen molar-refractivity contribution in [2.24, 2.45) is 10.9 Å². The molecule has 2 rings (SSSR count). The Morgan fingerprint density at radius 1 is 1.32 bits per heavy atom. The second-order valence-electron chi connectivity index (χ2n) is 5.54. The molecule has 0 aromatic heterocycles. The first-order valence-corrected chi connectivity index (χ1v) is 7.16. The third-order valence-electron chi connectivity index (χ3n) is 3.85. The van der Waals surface area contributed by atoms with Gasteiger partial charge in [0.25, 0.3) is 0 Å². The Morgan fingerprint density at radius 3 is 2.37 bits per heavy atom. The molecule has 2 unspecified atom stereocenters. The molecule has 19 heavy (non-hydrogen) atoms. The number of nitrogens with one attached hydrogen (secondary N) is 1. The van der Waals surface area contributed by atoms with E-state index < -0.39 is 0 Å². The first-order chi connectivity index (χ1) is 9.13. The Bertz CT molecular complexity index is 436. The zero-order valence-corrected chi connectivity index (χ0v) is 12.5. The van der Waals surface area contributed by atoms with Gasteiger partial charge in [-0.2, -0.15) is 0 Å². The smallest absolute Gasteiger partial charge is 0.193 e. The van der Waals surface area contributed by atoms with Gasteiger partial charge in [0, 0.05) is 26.7 Å². The summed E-state index contributed by atoms with van der Waals surface area (Å²) in [5.41, 5.74) is 2.72. The molecule has 1 saturated carbocycles. The molecule has 1 fully saturated rings. The first kappa shape index (κ1) is 13.9. The molecule has 104 valence electrons. The minimum Gasteiger partial charge on any atom is -0.353 e. The molecule has 1 aromatic carbocycles. The molecular weight excluding hydrogens is 234 g/mol. The van der Waals surface area contributed by atoms with Gasteiger partial charge in [0.1, 0.15) is 0 Å². The van der Waals surface area contributed by atoms with Crippen molar-refractivity contribution in [2.75, 3.05) is 14.1 Å². The van der Waals surface area contributed by atoms with Crippen LogP contribution in [0.2, 0.25) is 0 Å². The number of rotatable bonds is 4. The summed E-state index contributed by atoms with van der Waals surface area (Å²) in [6, 6.07) is 9.46. The van der Waals surface area contributed by atoms with Crippen LogP contribution in [0.5, 0.6) is 0 Å². The van der Waals surface area contributed by atoms with Gasteiger partial charge in [-0.1, -0.05) is 38.1 Å². The normalized spacial score (nSPS) is 22.2. The van der Waals surface area contributed by atoms with Gasteiger partial charge >= 0.3 is 0 Å². The van der Waals surface area contributed by atoms with Crippen molar-refractivity contribution >= 4 is 5.96 Å². The third-order valence-corrected chi connectivity index (χ3v) is 3.85. The Labute approximate surface area is 116 Å². The first-order valence-electron chi connectivity index (χ1n) is 7.16. The quantitative estimate of drug-likeness (QED) is 0.665. The number of hydrogen-bond acceptors (Lipinski definition) is 1. The molecule has 1 aliphatic carbocycles. The van der Waals surface area contributed by atoms with Gasteiger partial charge in [-0.3, -0.25) is 4.99 Å². The lowest BCUT2D eigenvalue weighted by molar-refractivity contribution is 0.474. The van der Waals surface area contributed by atoms with Crippen molar-refractivity contribution < 1.29 is 0 Å². The second kappa shape index (κ2) is 6.09. The molecular formula is C16H25N3. The van der Waals surface area contributed by atoms with Crippen molar-refractivity contribution in [1.82, 2.24) is 10.2 Å². The fraction of sp³-hybridized carbons (Fsp3) is 0.562. The van der Waals surface area contributed by atoms with Crippen LogP contribution in [-0.4, -0.2) is 31.0 Å². The van der Waals surface area contributed by atoms with Crippen LogP contribution in [0, 0.1) is 5.92 Å². The van der Waals surface area contributed by atoms with Crippen LogP contribution in [0.4, 0.5) is 0 Å². The fourth-order valence-corrected chi connectivity index (χ4v) is 2.26. The van der Waals surface area contributed by atoms with Gasteiger partial charge in [-0.25, -0.2) is 0 Å². The van der Waals surface area contributed by atoms with E-state index in [-0.39, 0.29) is 0 Å². The summed E-state index contributed by atoms with van der Waals surface area (Å²) in [4.78, 5) is 6.55. The van der Waals surface area contributed by atoms with E-state index in [1.807, 2.05) is 7.05 Å². The number of aliphatic imine (C=N–C) groups is 1. The Kier molecular flexibility index (Phi) is 4.46. The fourth-order valence-electron chi connectivity index (χ4n) is 2.26. The molecule has 0 heterocycles. The number of nitrogens with zero attached hydrogens (tertiary/aromatic N) is 2. The summed E-state index contributed by atoms with van der Waals surface area (Å²) >= 11 is 0. The van der Waals surface area contributed by atoms with E-state index in [2.05, 4.69) is 60.4 Å². The van der Waals surface area contributed by atoms with Crippen LogP contribution < -0.4 is 5.32 Å². The molecule has 2 atom stereocenters. The molecule has 0 amide bonds. The molecule has 3 heteroatoms.